The van der Waals surface area contributed by atoms with E-state index in [0.717, 1.165) is 48.0 Å². The van der Waals surface area contributed by atoms with Crippen molar-refractivity contribution in [2.24, 2.45) is 0 Å². The first-order valence-corrected chi connectivity index (χ1v) is 7.49. The molecule has 1 aliphatic heterocycles. The van der Waals surface area contributed by atoms with E-state index in [9.17, 15) is 4.79 Å². The van der Waals surface area contributed by atoms with E-state index in [1.54, 1.807) is 6.07 Å². The van der Waals surface area contributed by atoms with E-state index in [4.69, 9.17) is 4.42 Å². The monoisotopic (exact) mass is 315 g/mol. The Hall–Kier alpha value is -1.84. The Bertz CT molecular complexity index is 866. The van der Waals surface area contributed by atoms with Crippen LogP contribution in [0, 0.1) is 0 Å². The Morgan fingerprint density at radius 2 is 1.77 bits per heavy atom. The van der Waals surface area contributed by atoms with Crippen LogP contribution in [0.4, 0.5) is 0 Å². The van der Waals surface area contributed by atoms with E-state index >= 15 is 0 Å². The fraction of sp³-hybridized carbons (Fsp3) is 0.278. The highest BCUT2D eigenvalue weighted by Crippen LogP contribution is 2.29. The SMILES string of the molecule is Cl.O=c1cc(C2CCNCC2)oc2c1ccc1ccccc12. The van der Waals surface area contributed by atoms with Gasteiger partial charge in [-0.25, -0.2) is 0 Å². The second-order valence-corrected chi connectivity index (χ2v) is 5.70. The highest BCUT2D eigenvalue weighted by molar-refractivity contribution is 6.03. The predicted octanol–water partition coefficient (Wildman–Crippen LogP) is 3.84. The first-order chi connectivity index (χ1) is 10.3. The molecule has 4 rings (SSSR count). The number of halogens is 1. The molecule has 0 bridgehead atoms. The van der Waals surface area contributed by atoms with E-state index in [1.807, 2.05) is 36.4 Å². The summed E-state index contributed by atoms with van der Waals surface area (Å²) in [4.78, 5) is 12.4. The number of nitrogens with one attached hydrogen (secondary N) is 1. The summed E-state index contributed by atoms with van der Waals surface area (Å²) >= 11 is 0. The van der Waals surface area contributed by atoms with Crippen LogP contribution in [0.1, 0.15) is 24.5 Å². The van der Waals surface area contributed by atoms with Gasteiger partial charge in [0.15, 0.2) is 5.43 Å². The minimum atomic E-state index is 0. The first-order valence-electron chi connectivity index (χ1n) is 7.49. The average Bonchev–Trinajstić information content (AvgIpc) is 2.55. The Morgan fingerprint density at radius 1 is 1.00 bits per heavy atom. The Labute approximate surface area is 134 Å². The topological polar surface area (TPSA) is 42.2 Å². The van der Waals surface area contributed by atoms with Gasteiger partial charge in [0.25, 0.3) is 0 Å². The fourth-order valence-electron chi connectivity index (χ4n) is 3.21. The number of benzene rings is 2. The van der Waals surface area contributed by atoms with Gasteiger partial charge in [0, 0.05) is 17.4 Å². The van der Waals surface area contributed by atoms with Crippen molar-refractivity contribution in [1.29, 1.82) is 0 Å². The summed E-state index contributed by atoms with van der Waals surface area (Å²) in [5.74, 6) is 1.19. The molecule has 3 nitrogen and oxygen atoms in total. The van der Waals surface area contributed by atoms with Crippen molar-refractivity contribution in [2.75, 3.05) is 13.1 Å². The third kappa shape index (κ3) is 2.51. The molecule has 0 atom stereocenters. The molecule has 1 N–H and O–H groups in total. The van der Waals surface area contributed by atoms with Gasteiger partial charge in [-0.3, -0.25) is 4.79 Å². The molecular weight excluding hydrogens is 298 g/mol. The predicted molar refractivity (Wildman–Crippen MR) is 92.1 cm³/mol. The van der Waals surface area contributed by atoms with Gasteiger partial charge < -0.3 is 9.73 Å². The van der Waals surface area contributed by atoms with Crippen molar-refractivity contribution in [3.05, 3.63) is 58.4 Å². The van der Waals surface area contributed by atoms with Gasteiger partial charge in [-0.05, 0) is 37.4 Å². The van der Waals surface area contributed by atoms with Gasteiger partial charge in [-0.15, -0.1) is 12.4 Å². The molecule has 3 aromatic rings. The van der Waals surface area contributed by atoms with Gasteiger partial charge in [0.2, 0.25) is 0 Å². The molecule has 4 heteroatoms. The summed E-state index contributed by atoms with van der Waals surface area (Å²) in [5, 5.41) is 6.14. The summed E-state index contributed by atoms with van der Waals surface area (Å²) in [6.07, 6.45) is 2.05. The molecule has 0 aliphatic carbocycles. The summed E-state index contributed by atoms with van der Waals surface area (Å²) < 4.78 is 6.17. The van der Waals surface area contributed by atoms with Crippen molar-refractivity contribution >= 4 is 34.1 Å². The molecule has 0 saturated carbocycles. The number of hydrogen-bond donors (Lipinski definition) is 1. The van der Waals surface area contributed by atoms with E-state index < -0.39 is 0 Å². The van der Waals surface area contributed by atoms with Crippen molar-refractivity contribution in [1.82, 2.24) is 5.32 Å². The highest BCUT2D eigenvalue weighted by atomic mass is 35.5. The largest absolute Gasteiger partial charge is 0.460 e. The molecule has 2 heterocycles. The van der Waals surface area contributed by atoms with Crippen molar-refractivity contribution < 1.29 is 4.42 Å². The highest BCUT2D eigenvalue weighted by Gasteiger charge is 2.19. The minimum Gasteiger partial charge on any atom is -0.460 e. The zero-order valence-corrected chi connectivity index (χ0v) is 13.0. The molecule has 0 radical (unpaired) electrons. The van der Waals surface area contributed by atoms with E-state index in [-0.39, 0.29) is 17.8 Å². The molecule has 0 unspecified atom stereocenters. The molecule has 2 aromatic carbocycles. The zero-order chi connectivity index (χ0) is 14.2. The Morgan fingerprint density at radius 3 is 2.59 bits per heavy atom. The van der Waals surface area contributed by atoms with E-state index in [1.165, 1.54) is 0 Å². The van der Waals surface area contributed by atoms with Crippen LogP contribution in [0.5, 0.6) is 0 Å². The third-order valence-corrected chi connectivity index (χ3v) is 4.38. The molecule has 22 heavy (non-hydrogen) atoms. The number of rotatable bonds is 1. The second-order valence-electron chi connectivity index (χ2n) is 5.70. The van der Waals surface area contributed by atoms with Crippen LogP contribution in [0.25, 0.3) is 21.7 Å². The lowest BCUT2D eigenvalue weighted by Gasteiger charge is -2.21. The lowest BCUT2D eigenvalue weighted by atomic mass is 9.94. The van der Waals surface area contributed by atoms with Crippen LogP contribution in [0.3, 0.4) is 0 Å². The maximum absolute atomic E-state index is 12.4. The summed E-state index contributed by atoms with van der Waals surface area (Å²) in [6, 6.07) is 13.6. The second kappa shape index (κ2) is 6.11. The Kier molecular flexibility index (Phi) is 4.19. The van der Waals surface area contributed by atoms with Gasteiger partial charge in [-0.2, -0.15) is 0 Å². The number of piperidine rings is 1. The van der Waals surface area contributed by atoms with Crippen LogP contribution >= 0.6 is 12.4 Å². The molecular formula is C18H18ClNO2. The van der Waals surface area contributed by atoms with Crippen LogP contribution in [-0.4, -0.2) is 13.1 Å². The van der Waals surface area contributed by atoms with Gasteiger partial charge in [0.05, 0.1) is 5.39 Å². The lowest BCUT2D eigenvalue weighted by Crippen LogP contribution is -2.27. The average molecular weight is 316 g/mol. The van der Waals surface area contributed by atoms with Crippen LogP contribution in [0.2, 0.25) is 0 Å². The molecule has 0 amide bonds. The maximum Gasteiger partial charge on any atom is 0.192 e. The number of hydrogen-bond acceptors (Lipinski definition) is 3. The van der Waals surface area contributed by atoms with E-state index in [2.05, 4.69) is 5.32 Å². The summed E-state index contributed by atoms with van der Waals surface area (Å²) in [5.41, 5.74) is 0.796. The van der Waals surface area contributed by atoms with Crippen molar-refractivity contribution in [2.45, 2.75) is 18.8 Å². The standard InChI is InChI=1S/C18H17NO2.ClH/c20-16-11-17(13-7-9-19-10-8-13)21-18-14-4-2-1-3-12(14)5-6-15(16)18;/h1-6,11,13,19H,7-10H2;1H. The van der Waals surface area contributed by atoms with Crippen LogP contribution in [0.15, 0.2) is 51.7 Å². The van der Waals surface area contributed by atoms with Crippen LogP contribution in [-0.2, 0) is 0 Å². The molecule has 1 aromatic heterocycles. The molecule has 114 valence electrons. The van der Waals surface area contributed by atoms with Gasteiger partial charge in [0.1, 0.15) is 11.3 Å². The summed E-state index contributed by atoms with van der Waals surface area (Å²) in [6.45, 7) is 1.98. The zero-order valence-electron chi connectivity index (χ0n) is 12.2. The molecule has 1 fully saturated rings. The summed E-state index contributed by atoms with van der Waals surface area (Å²) in [7, 11) is 0. The first kappa shape index (κ1) is 15.1. The molecule has 1 aliphatic rings. The fourth-order valence-corrected chi connectivity index (χ4v) is 3.21. The maximum atomic E-state index is 12.4. The van der Waals surface area contributed by atoms with E-state index in [0.29, 0.717) is 11.3 Å². The third-order valence-electron chi connectivity index (χ3n) is 4.38. The molecule has 1 saturated heterocycles. The Balaban J connectivity index is 0.00000144. The quantitative estimate of drug-likeness (QED) is 0.694. The molecule has 0 spiro atoms. The smallest absolute Gasteiger partial charge is 0.192 e. The van der Waals surface area contributed by atoms with Crippen LogP contribution < -0.4 is 10.7 Å². The lowest BCUT2D eigenvalue weighted by molar-refractivity contribution is 0.393. The minimum absolute atomic E-state index is 0. The normalized spacial score (nSPS) is 15.8. The van der Waals surface area contributed by atoms with Crippen molar-refractivity contribution in [3.8, 4) is 0 Å². The van der Waals surface area contributed by atoms with Gasteiger partial charge in [-0.1, -0.05) is 30.3 Å². The van der Waals surface area contributed by atoms with Gasteiger partial charge >= 0.3 is 0 Å². The number of fused-ring (bicyclic) bond motifs is 3. The van der Waals surface area contributed by atoms with Crippen molar-refractivity contribution in [3.63, 3.8) is 0 Å².